The van der Waals surface area contributed by atoms with Gasteiger partial charge in [-0.1, -0.05) is 49.1 Å². The van der Waals surface area contributed by atoms with Crippen molar-refractivity contribution in [2.24, 2.45) is 0 Å². The van der Waals surface area contributed by atoms with Crippen LogP contribution in [0.3, 0.4) is 0 Å². The van der Waals surface area contributed by atoms with E-state index in [0.717, 1.165) is 12.6 Å². The molecule has 118 valence electrons. The normalized spacial score (nSPS) is 17.6. The number of rotatable bonds is 7. The molecule has 1 fully saturated rings. The number of hydrogen-bond acceptors (Lipinski definition) is 2. The first-order valence-corrected chi connectivity index (χ1v) is 8.62. The highest BCUT2D eigenvalue weighted by molar-refractivity contribution is 5.30. The Labute approximate surface area is 130 Å². The van der Waals surface area contributed by atoms with Gasteiger partial charge in [-0.3, -0.25) is 0 Å². The van der Waals surface area contributed by atoms with Crippen LogP contribution >= 0.6 is 0 Å². The molecule has 0 aliphatic heterocycles. The van der Waals surface area contributed by atoms with Crippen molar-refractivity contribution in [3.8, 4) is 0 Å². The summed E-state index contributed by atoms with van der Waals surface area (Å²) in [6, 6.07) is 8.26. The molecular formula is C19H32N2. The summed E-state index contributed by atoms with van der Waals surface area (Å²) in [6.07, 6.45) is 6.83. The Morgan fingerprint density at radius 1 is 1.14 bits per heavy atom. The van der Waals surface area contributed by atoms with Crippen LogP contribution in [0.15, 0.2) is 18.2 Å². The van der Waals surface area contributed by atoms with Crippen molar-refractivity contribution in [3.05, 3.63) is 34.9 Å². The maximum Gasteiger partial charge on any atom is 0.0332 e. The summed E-state index contributed by atoms with van der Waals surface area (Å²) >= 11 is 0. The SMILES string of the molecule is CCNC(CCN(C)C1CCCC1)c1cc(C)cc(C)c1. The quantitative estimate of drug-likeness (QED) is 0.808. The second-order valence-corrected chi connectivity index (χ2v) is 6.74. The van der Waals surface area contributed by atoms with E-state index in [9.17, 15) is 0 Å². The van der Waals surface area contributed by atoms with Crippen LogP contribution in [0, 0.1) is 13.8 Å². The van der Waals surface area contributed by atoms with Crippen LogP contribution in [0.1, 0.15) is 61.8 Å². The van der Waals surface area contributed by atoms with Gasteiger partial charge in [0.2, 0.25) is 0 Å². The number of hydrogen-bond donors (Lipinski definition) is 1. The van der Waals surface area contributed by atoms with E-state index in [1.54, 1.807) is 0 Å². The molecule has 1 aromatic carbocycles. The monoisotopic (exact) mass is 288 g/mol. The molecule has 0 aromatic heterocycles. The highest BCUT2D eigenvalue weighted by Gasteiger charge is 2.20. The molecule has 2 rings (SSSR count). The lowest BCUT2D eigenvalue weighted by molar-refractivity contribution is 0.232. The minimum absolute atomic E-state index is 0.484. The first-order chi connectivity index (χ1) is 10.1. The minimum atomic E-state index is 0.484. The lowest BCUT2D eigenvalue weighted by Gasteiger charge is -2.27. The zero-order valence-electron chi connectivity index (χ0n) is 14.3. The minimum Gasteiger partial charge on any atom is -0.310 e. The third kappa shape index (κ3) is 4.82. The van der Waals surface area contributed by atoms with E-state index < -0.39 is 0 Å². The highest BCUT2D eigenvalue weighted by atomic mass is 15.1. The van der Waals surface area contributed by atoms with Crippen LogP contribution in [-0.4, -0.2) is 31.1 Å². The lowest BCUT2D eigenvalue weighted by Crippen LogP contribution is -2.33. The van der Waals surface area contributed by atoms with Gasteiger partial charge in [0.25, 0.3) is 0 Å². The molecular weight excluding hydrogens is 256 g/mol. The number of aryl methyl sites for hydroxylation is 2. The second-order valence-electron chi connectivity index (χ2n) is 6.74. The lowest BCUT2D eigenvalue weighted by atomic mass is 9.98. The van der Waals surface area contributed by atoms with Crippen molar-refractivity contribution in [3.63, 3.8) is 0 Å². The van der Waals surface area contributed by atoms with Crippen LogP contribution in [0.4, 0.5) is 0 Å². The van der Waals surface area contributed by atoms with Crippen molar-refractivity contribution in [2.75, 3.05) is 20.1 Å². The molecule has 1 unspecified atom stereocenters. The van der Waals surface area contributed by atoms with E-state index in [4.69, 9.17) is 0 Å². The third-order valence-corrected chi connectivity index (χ3v) is 4.82. The highest BCUT2D eigenvalue weighted by Crippen LogP contribution is 2.25. The van der Waals surface area contributed by atoms with Crippen LogP contribution in [0.25, 0.3) is 0 Å². The van der Waals surface area contributed by atoms with Gasteiger partial charge >= 0.3 is 0 Å². The van der Waals surface area contributed by atoms with Crippen LogP contribution in [-0.2, 0) is 0 Å². The van der Waals surface area contributed by atoms with E-state index in [1.165, 1.54) is 55.3 Å². The number of benzene rings is 1. The van der Waals surface area contributed by atoms with Crippen molar-refractivity contribution >= 4 is 0 Å². The van der Waals surface area contributed by atoms with E-state index >= 15 is 0 Å². The van der Waals surface area contributed by atoms with Crippen molar-refractivity contribution in [2.45, 2.75) is 65.0 Å². The Hall–Kier alpha value is -0.860. The third-order valence-electron chi connectivity index (χ3n) is 4.82. The summed E-state index contributed by atoms with van der Waals surface area (Å²) in [5, 5.41) is 3.67. The fourth-order valence-corrected chi connectivity index (χ4v) is 3.70. The molecule has 1 aromatic rings. The van der Waals surface area contributed by atoms with Crippen molar-refractivity contribution < 1.29 is 0 Å². The van der Waals surface area contributed by atoms with Gasteiger partial charge in [-0.15, -0.1) is 0 Å². The Morgan fingerprint density at radius 3 is 2.33 bits per heavy atom. The first kappa shape index (κ1) is 16.5. The Kier molecular flexibility index (Phi) is 6.25. The molecule has 0 radical (unpaired) electrons. The van der Waals surface area contributed by atoms with Crippen LogP contribution in [0.2, 0.25) is 0 Å². The molecule has 1 atom stereocenters. The molecule has 0 spiro atoms. The largest absolute Gasteiger partial charge is 0.310 e. The van der Waals surface area contributed by atoms with Gasteiger partial charge in [-0.25, -0.2) is 0 Å². The summed E-state index contributed by atoms with van der Waals surface area (Å²) in [5.74, 6) is 0. The van der Waals surface area contributed by atoms with Gasteiger partial charge in [0.05, 0.1) is 0 Å². The smallest absolute Gasteiger partial charge is 0.0332 e. The second kappa shape index (κ2) is 7.95. The van der Waals surface area contributed by atoms with Gasteiger partial charge in [-0.05, 0) is 58.8 Å². The number of nitrogens with one attached hydrogen (secondary N) is 1. The molecule has 0 heterocycles. The van der Waals surface area contributed by atoms with Gasteiger partial charge in [0.1, 0.15) is 0 Å². The molecule has 1 aliphatic rings. The Balaban J connectivity index is 1.97. The predicted molar refractivity (Wildman–Crippen MR) is 91.8 cm³/mol. The summed E-state index contributed by atoms with van der Waals surface area (Å²) in [4.78, 5) is 2.58. The molecule has 0 amide bonds. The maximum absolute atomic E-state index is 3.67. The van der Waals surface area contributed by atoms with Crippen LogP contribution < -0.4 is 5.32 Å². The van der Waals surface area contributed by atoms with E-state index in [1.807, 2.05) is 0 Å². The van der Waals surface area contributed by atoms with Crippen molar-refractivity contribution in [1.29, 1.82) is 0 Å². The molecule has 1 N–H and O–H groups in total. The maximum atomic E-state index is 3.67. The van der Waals surface area contributed by atoms with Gasteiger partial charge in [0.15, 0.2) is 0 Å². The van der Waals surface area contributed by atoms with E-state index in [2.05, 4.69) is 56.2 Å². The fraction of sp³-hybridized carbons (Fsp3) is 0.684. The molecule has 1 saturated carbocycles. The number of nitrogens with zero attached hydrogens (tertiary/aromatic N) is 1. The van der Waals surface area contributed by atoms with Gasteiger partial charge in [-0.2, -0.15) is 0 Å². The van der Waals surface area contributed by atoms with Crippen LogP contribution in [0.5, 0.6) is 0 Å². The average Bonchev–Trinajstić information content (AvgIpc) is 2.96. The zero-order valence-corrected chi connectivity index (χ0v) is 14.3. The molecule has 0 bridgehead atoms. The molecule has 21 heavy (non-hydrogen) atoms. The van der Waals surface area contributed by atoms with Crippen molar-refractivity contribution in [1.82, 2.24) is 10.2 Å². The zero-order chi connectivity index (χ0) is 15.2. The summed E-state index contributed by atoms with van der Waals surface area (Å²) < 4.78 is 0. The first-order valence-electron chi connectivity index (χ1n) is 8.62. The van der Waals surface area contributed by atoms with Gasteiger partial charge < -0.3 is 10.2 Å². The average molecular weight is 288 g/mol. The Bertz CT molecular complexity index is 415. The fourth-order valence-electron chi connectivity index (χ4n) is 3.70. The topological polar surface area (TPSA) is 15.3 Å². The van der Waals surface area contributed by atoms with E-state index in [-0.39, 0.29) is 0 Å². The standard InChI is InChI=1S/C19H32N2/c1-5-20-19(17-13-15(2)12-16(3)14-17)10-11-21(4)18-8-6-7-9-18/h12-14,18-20H,5-11H2,1-4H3. The molecule has 2 nitrogen and oxygen atoms in total. The van der Waals surface area contributed by atoms with E-state index in [0.29, 0.717) is 6.04 Å². The Morgan fingerprint density at radius 2 is 1.76 bits per heavy atom. The summed E-state index contributed by atoms with van der Waals surface area (Å²) in [5.41, 5.74) is 4.20. The molecule has 2 heteroatoms. The molecule has 0 saturated heterocycles. The van der Waals surface area contributed by atoms with Gasteiger partial charge in [0, 0.05) is 12.1 Å². The molecule has 1 aliphatic carbocycles. The summed E-state index contributed by atoms with van der Waals surface area (Å²) in [6.45, 7) is 8.82. The predicted octanol–water partition coefficient (Wildman–Crippen LogP) is 4.22. The summed E-state index contributed by atoms with van der Waals surface area (Å²) in [7, 11) is 2.31.